The Hall–Kier alpha value is -2.51. The highest BCUT2D eigenvalue weighted by Gasteiger charge is 2.23. The van der Waals surface area contributed by atoms with Crippen molar-refractivity contribution in [1.82, 2.24) is 15.0 Å². The number of nitrogens with zero attached hydrogens (tertiary/aromatic N) is 3. The van der Waals surface area contributed by atoms with Crippen LogP contribution in [0.3, 0.4) is 0 Å². The predicted octanol–water partition coefficient (Wildman–Crippen LogP) is 3.70. The average molecular weight is 415 g/mol. The summed E-state index contributed by atoms with van der Waals surface area (Å²) < 4.78 is 1.39. The van der Waals surface area contributed by atoms with Gasteiger partial charge >= 0.3 is 0 Å². The number of rotatable bonds is 4. The maximum atomic E-state index is 13.0. The SMILES string of the molecule is C[C@H](C(=O)N/N=C\c1ccc(Cl)cc1)n1cnc2sc3c(c2c1=O)CCCC3. The van der Waals surface area contributed by atoms with E-state index in [0.717, 1.165) is 41.6 Å². The normalized spacial score (nSPS) is 14.9. The maximum absolute atomic E-state index is 13.0. The van der Waals surface area contributed by atoms with E-state index in [2.05, 4.69) is 15.5 Å². The molecule has 8 heteroatoms. The van der Waals surface area contributed by atoms with Crippen molar-refractivity contribution in [3.63, 3.8) is 0 Å². The number of amides is 1. The first-order chi connectivity index (χ1) is 13.5. The van der Waals surface area contributed by atoms with E-state index in [4.69, 9.17) is 11.6 Å². The summed E-state index contributed by atoms with van der Waals surface area (Å²) >= 11 is 7.44. The molecule has 2 aromatic heterocycles. The Morgan fingerprint density at radius 3 is 2.86 bits per heavy atom. The maximum Gasteiger partial charge on any atom is 0.263 e. The topological polar surface area (TPSA) is 76.3 Å². The van der Waals surface area contributed by atoms with E-state index in [-0.39, 0.29) is 11.5 Å². The molecule has 0 unspecified atom stereocenters. The number of carbonyl (C=O) groups excluding carboxylic acids is 1. The largest absolute Gasteiger partial charge is 0.286 e. The van der Waals surface area contributed by atoms with Crippen molar-refractivity contribution in [3.05, 3.63) is 62.0 Å². The first kappa shape index (κ1) is 18.8. The lowest BCUT2D eigenvalue weighted by molar-refractivity contribution is -0.123. The van der Waals surface area contributed by atoms with Crippen LogP contribution in [0.25, 0.3) is 10.2 Å². The van der Waals surface area contributed by atoms with Crippen molar-refractivity contribution >= 4 is 45.3 Å². The summed E-state index contributed by atoms with van der Waals surface area (Å²) in [6, 6.07) is 6.36. The molecule has 1 amide bonds. The van der Waals surface area contributed by atoms with Crippen LogP contribution in [0.5, 0.6) is 0 Å². The zero-order valence-electron chi connectivity index (χ0n) is 15.3. The molecule has 1 aliphatic rings. The number of nitrogens with one attached hydrogen (secondary N) is 1. The van der Waals surface area contributed by atoms with Crippen LogP contribution in [0.2, 0.25) is 5.02 Å². The van der Waals surface area contributed by atoms with Crippen molar-refractivity contribution in [2.45, 2.75) is 38.6 Å². The van der Waals surface area contributed by atoms with E-state index < -0.39 is 6.04 Å². The highest BCUT2D eigenvalue weighted by molar-refractivity contribution is 7.18. The van der Waals surface area contributed by atoms with Gasteiger partial charge in [0.1, 0.15) is 10.9 Å². The van der Waals surface area contributed by atoms with Crippen LogP contribution in [-0.2, 0) is 17.6 Å². The van der Waals surface area contributed by atoms with Gasteiger partial charge in [-0.25, -0.2) is 10.4 Å². The second kappa shape index (κ2) is 7.85. The molecule has 2 heterocycles. The molecular weight excluding hydrogens is 396 g/mol. The fourth-order valence-corrected chi connectivity index (χ4v) is 4.72. The van der Waals surface area contributed by atoms with E-state index in [1.807, 2.05) is 0 Å². The average Bonchev–Trinajstić information content (AvgIpc) is 3.08. The third kappa shape index (κ3) is 3.59. The molecule has 0 spiro atoms. The summed E-state index contributed by atoms with van der Waals surface area (Å²) in [5.41, 5.74) is 4.25. The van der Waals surface area contributed by atoms with Gasteiger partial charge in [-0.05, 0) is 55.9 Å². The summed E-state index contributed by atoms with van der Waals surface area (Å²) in [6.07, 6.45) is 7.13. The van der Waals surface area contributed by atoms with E-state index in [1.54, 1.807) is 42.5 Å². The van der Waals surface area contributed by atoms with Gasteiger partial charge in [-0.15, -0.1) is 11.3 Å². The minimum Gasteiger partial charge on any atom is -0.286 e. The minimum absolute atomic E-state index is 0.159. The number of hydrogen-bond donors (Lipinski definition) is 1. The molecule has 1 N–H and O–H groups in total. The molecule has 0 aliphatic heterocycles. The predicted molar refractivity (Wildman–Crippen MR) is 112 cm³/mol. The van der Waals surface area contributed by atoms with Crippen molar-refractivity contribution in [3.8, 4) is 0 Å². The lowest BCUT2D eigenvalue weighted by Gasteiger charge is -2.14. The summed E-state index contributed by atoms with van der Waals surface area (Å²) in [6.45, 7) is 1.67. The Kier molecular flexibility index (Phi) is 5.28. The summed E-state index contributed by atoms with van der Waals surface area (Å²) in [5, 5.41) is 5.27. The number of thiophene rings is 1. The molecule has 28 heavy (non-hydrogen) atoms. The number of aromatic nitrogens is 2. The molecule has 4 rings (SSSR count). The summed E-state index contributed by atoms with van der Waals surface area (Å²) in [4.78, 5) is 32.0. The number of fused-ring (bicyclic) bond motifs is 3. The van der Waals surface area contributed by atoms with Crippen LogP contribution in [0.15, 0.2) is 40.5 Å². The highest BCUT2D eigenvalue weighted by Crippen LogP contribution is 2.33. The second-order valence-electron chi connectivity index (χ2n) is 6.81. The zero-order valence-corrected chi connectivity index (χ0v) is 16.9. The van der Waals surface area contributed by atoms with Crippen LogP contribution in [0.4, 0.5) is 0 Å². The molecule has 144 valence electrons. The molecule has 1 atom stereocenters. The van der Waals surface area contributed by atoms with E-state index >= 15 is 0 Å². The van der Waals surface area contributed by atoms with Gasteiger partial charge in [0.2, 0.25) is 0 Å². The number of aryl methyl sites for hydroxylation is 2. The molecule has 1 aliphatic carbocycles. The molecule has 6 nitrogen and oxygen atoms in total. The second-order valence-corrected chi connectivity index (χ2v) is 8.33. The van der Waals surface area contributed by atoms with Crippen molar-refractivity contribution < 1.29 is 4.79 Å². The lowest BCUT2D eigenvalue weighted by atomic mass is 9.97. The Morgan fingerprint density at radius 1 is 1.32 bits per heavy atom. The molecule has 0 bridgehead atoms. The monoisotopic (exact) mass is 414 g/mol. The number of benzene rings is 1. The molecule has 3 aromatic rings. The van der Waals surface area contributed by atoms with Crippen LogP contribution in [-0.4, -0.2) is 21.7 Å². The van der Waals surface area contributed by atoms with Crippen molar-refractivity contribution in [2.24, 2.45) is 5.10 Å². The quantitative estimate of drug-likeness (QED) is 0.522. The third-order valence-electron chi connectivity index (χ3n) is 4.96. The summed E-state index contributed by atoms with van der Waals surface area (Å²) in [7, 11) is 0. The Morgan fingerprint density at radius 2 is 2.07 bits per heavy atom. The first-order valence-electron chi connectivity index (χ1n) is 9.14. The van der Waals surface area contributed by atoms with Crippen LogP contribution in [0.1, 0.15) is 41.8 Å². The standard InChI is InChI=1S/C20H19ClN4O2S/c1-12(18(26)24-23-10-13-6-8-14(21)9-7-13)25-11-22-19-17(20(25)27)15-4-2-3-5-16(15)28-19/h6-12H,2-5H2,1H3,(H,24,26)/b23-10-/t12-/m1/s1. The Balaban J connectivity index is 1.55. The zero-order chi connectivity index (χ0) is 19.7. The molecule has 0 saturated carbocycles. The van der Waals surface area contributed by atoms with Gasteiger partial charge < -0.3 is 0 Å². The highest BCUT2D eigenvalue weighted by atomic mass is 35.5. The number of hydrogen-bond acceptors (Lipinski definition) is 5. The van der Waals surface area contributed by atoms with Crippen molar-refractivity contribution in [1.29, 1.82) is 0 Å². The summed E-state index contributed by atoms with van der Waals surface area (Å²) in [5.74, 6) is -0.377. The van der Waals surface area contributed by atoms with E-state index in [9.17, 15) is 9.59 Å². The minimum atomic E-state index is -0.717. The Bertz CT molecular complexity index is 1120. The Labute approximate surface area is 170 Å². The van der Waals surface area contributed by atoms with Gasteiger partial charge in [0.25, 0.3) is 11.5 Å². The van der Waals surface area contributed by atoms with Gasteiger partial charge in [0.15, 0.2) is 0 Å². The van der Waals surface area contributed by atoms with Crippen molar-refractivity contribution in [2.75, 3.05) is 0 Å². The van der Waals surface area contributed by atoms with E-state index in [1.165, 1.54) is 22.0 Å². The third-order valence-corrected chi connectivity index (χ3v) is 6.41. The molecule has 0 radical (unpaired) electrons. The van der Waals surface area contributed by atoms with Gasteiger partial charge in [-0.2, -0.15) is 5.10 Å². The number of carbonyl (C=O) groups is 1. The molecule has 0 saturated heterocycles. The van der Waals surface area contributed by atoms with Crippen LogP contribution in [0, 0.1) is 0 Å². The lowest BCUT2D eigenvalue weighted by Crippen LogP contribution is -2.34. The van der Waals surface area contributed by atoms with Gasteiger partial charge in [-0.1, -0.05) is 23.7 Å². The van der Waals surface area contributed by atoms with Crippen LogP contribution < -0.4 is 11.0 Å². The fourth-order valence-electron chi connectivity index (χ4n) is 3.37. The van der Waals surface area contributed by atoms with E-state index in [0.29, 0.717) is 10.4 Å². The van der Waals surface area contributed by atoms with Crippen LogP contribution >= 0.6 is 22.9 Å². The van der Waals surface area contributed by atoms with Gasteiger partial charge in [0.05, 0.1) is 17.9 Å². The number of halogens is 1. The molecule has 0 fully saturated rings. The fraction of sp³-hybridized carbons (Fsp3) is 0.300. The molecular formula is C20H19ClN4O2S. The smallest absolute Gasteiger partial charge is 0.263 e. The molecule has 1 aromatic carbocycles. The van der Waals surface area contributed by atoms with Gasteiger partial charge in [-0.3, -0.25) is 14.2 Å². The first-order valence-corrected chi connectivity index (χ1v) is 10.3. The van der Waals surface area contributed by atoms with Gasteiger partial charge in [0, 0.05) is 9.90 Å². The number of hydrazone groups is 1.